The third-order valence-corrected chi connectivity index (χ3v) is 5.37. The van der Waals surface area contributed by atoms with E-state index in [0.29, 0.717) is 35.9 Å². The van der Waals surface area contributed by atoms with Gasteiger partial charge in [-0.05, 0) is 63.5 Å². The van der Waals surface area contributed by atoms with Crippen molar-refractivity contribution in [2.75, 3.05) is 40.3 Å². The van der Waals surface area contributed by atoms with Gasteiger partial charge in [-0.3, -0.25) is 4.79 Å². The zero-order chi connectivity index (χ0) is 21.7. The number of amides is 1. The average molecular weight is 433 g/mol. The number of rotatable bonds is 7. The maximum Gasteiger partial charge on any atom is 0.253 e. The fraction of sp³-hybridized carbons (Fsp3) is 0.435. The summed E-state index contributed by atoms with van der Waals surface area (Å²) in [5.74, 6) is 1.22. The Morgan fingerprint density at radius 2 is 1.97 bits per heavy atom. The minimum atomic E-state index is -1.18. The number of halogens is 1. The van der Waals surface area contributed by atoms with E-state index in [1.165, 1.54) is 0 Å². The summed E-state index contributed by atoms with van der Waals surface area (Å²) in [5.41, 5.74) is -0.606. The predicted molar refractivity (Wildman–Crippen MR) is 118 cm³/mol. The number of β-amino-alcohol motifs (C(OH)–C–C–N with tert-alkyl or cyclic N) is 1. The molecule has 0 radical (unpaired) electrons. The second-order valence-electron chi connectivity index (χ2n) is 8.11. The molecule has 2 aromatic carbocycles. The van der Waals surface area contributed by atoms with Crippen LogP contribution in [0.1, 0.15) is 23.7 Å². The molecule has 1 aliphatic rings. The molecule has 0 saturated carbocycles. The molecule has 3 rings (SSSR count). The van der Waals surface area contributed by atoms with Gasteiger partial charge in [0.1, 0.15) is 29.8 Å². The molecule has 1 saturated heterocycles. The molecule has 1 heterocycles. The number of benzene rings is 2. The van der Waals surface area contributed by atoms with E-state index in [1.54, 1.807) is 54.3 Å². The van der Waals surface area contributed by atoms with E-state index in [0.717, 1.165) is 12.3 Å². The van der Waals surface area contributed by atoms with Crippen LogP contribution >= 0.6 is 11.6 Å². The highest BCUT2D eigenvalue weighted by atomic mass is 35.5. The summed E-state index contributed by atoms with van der Waals surface area (Å²) in [6.45, 7) is 3.80. The number of carbonyl (C=O) groups excluding carboxylic acids is 1. The van der Waals surface area contributed by atoms with Crippen LogP contribution in [0.3, 0.4) is 0 Å². The van der Waals surface area contributed by atoms with Gasteiger partial charge in [0, 0.05) is 30.1 Å². The van der Waals surface area contributed by atoms with Gasteiger partial charge in [-0.2, -0.15) is 0 Å². The van der Waals surface area contributed by atoms with E-state index in [9.17, 15) is 9.90 Å². The number of likely N-dealkylation sites (tertiary alicyclic amines) is 1. The standard InChI is InChI=1S/C23H29ClN2O4/c1-23(28)16-26(12-11-21(23)30-20-6-4-5-18(24)15-20)22(27)17-7-9-19(10-8-17)29-14-13-25(2)3/h4-10,15,21,28H,11-14,16H2,1-3H3/t21-,23-/m0/s1. The summed E-state index contributed by atoms with van der Waals surface area (Å²) in [6.07, 6.45) is 0.101. The van der Waals surface area contributed by atoms with Crippen LogP contribution in [0.25, 0.3) is 0 Å². The minimum absolute atomic E-state index is 0.115. The molecular weight excluding hydrogens is 404 g/mol. The number of hydrogen-bond donors (Lipinski definition) is 1. The minimum Gasteiger partial charge on any atom is -0.492 e. The highest BCUT2D eigenvalue weighted by Crippen LogP contribution is 2.28. The Morgan fingerprint density at radius 1 is 1.23 bits per heavy atom. The van der Waals surface area contributed by atoms with E-state index >= 15 is 0 Å². The first-order valence-electron chi connectivity index (χ1n) is 10.1. The summed E-state index contributed by atoms with van der Waals surface area (Å²) in [4.78, 5) is 16.6. The number of piperidine rings is 1. The van der Waals surface area contributed by atoms with Crippen LogP contribution in [0.2, 0.25) is 5.02 Å². The Balaban J connectivity index is 1.59. The van der Waals surface area contributed by atoms with Crippen molar-refractivity contribution in [3.8, 4) is 11.5 Å². The summed E-state index contributed by atoms with van der Waals surface area (Å²) >= 11 is 6.01. The van der Waals surface area contributed by atoms with Gasteiger partial charge in [-0.1, -0.05) is 17.7 Å². The average Bonchev–Trinajstić information content (AvgIpc) is 2.69. The number of likely N-dealkylation sites (N-methyl/N-ethyl adjacent to an activating group) is 1. The largest absolute Gasteiger partial charge is 0.492 e. The fourth-order valence-corrected chi connectivity index (χ4v) is 3.62. The summed E-state index contributed by atoms with van der Waals surface area (Å²) in [5, 5.41) is 11.5. The van der Waals surface area contributed by atoms with Gasteiger partial charge in [0.05, 0.1) is 6.54 Å². The molecular formula is C23H29ClN2O4. The van der Waals surface area contributed by atoms with Gasteiger partial charge in [-0.15, -0.1) is 0 Å². The lowest BCUT2D eigenvalue weighted by Crippen LogP contribution is -2.58. The first kappa shape index (κ1) is 22.4. The van der Waals surface area contributed by atoms with Crippen molar-refractivity contribution in [3.63, 3.8) is 0 Å². The van der Waals surface area contributed by atoms with Crippen LogP contribution in [0.5, 0.6) is 11.5 Å². The van der Waals surface area contributed by atoms with Crippen LogP contribution in [-0.4, -0.2) is 72.9 Å². The second kappa shape index (κ2) is 9.69. The molecule has 1 aliphatic heterocycles. The van der Waals surface area contributed by atoms with Gasteiger partial charge in [0.2, 0.25) is 0 Å². The molecule has 0 aromatic heterocycles. The molecule has 0 bridgehead atoms. The summed E-state index contributed by atoms with van der Waals surface area (Å²) in [7, 11) is 3.98. The molecule has 162 valence electrons. The smallest absolute Gasteiger partial charge is 0.253 e. The zero-order valence-electron chi connectivity index (χ0n) is 17.7. The van der Waals surface area contributed by atoms with Crippen LogP contribution in [-0.2, 0) is 0 Å². The van der Waals surface area contributed by atoms with Crippen molar-refractivity contribution in [2.24, 2.45) is 0 Å². The van der Waals surface area contributed by atoms with E-state index in [2.05, 4.69) is 0 Å². The van der Waals surface area contributed by atoms with Gasteiger partial charge < -0.3 is 24.4 Å². The predicted octanol–water partition coefficient (Wildman–Crippen LogP) is 3.32. The third-order valence-electron chi connectivity index (χ3n) is 5.14. The Morgan fingerprint density at radius 3 is 2.60 bits per heavy atom. The summed E-state index contributed by atoms with van der Waals surface area (Å²) in [6, 6.07) is 14.2. The van der Waals surface area contributed by atoms with Crippen molar-refractivity contribution in [1.29, 1.82) is 0 Å². The van der Waals surface area contributed by atoms with E-state index < -0.39 is 11.7 Å². The van der Waals surface area contributed by atoms with Gasteiger partial charge in [0.25, 0.3) is 5.91 Å². The number of hydrogen-bond acceptors (Lipinski definition) is 5. The number of carbonyl (C=O) groups is 1. The van der Waals surface area contributed by atoms with Crippen molar-refractivity contribution >= 4 is 17.5 Å². The summed E-state index contributed by atoms with van der Waals surface area (Å²) < 4.78 is 11.6. The van der Waals surface area contributed by atoms with Crippen molar-refractivity contribution in [3.05, 3.63) is 59.1 Å². The molecule has 1 amide bonds. The molecule has 0 spiro atoms. The SMILES string of the molecule is CN(C)CCOc1ccc(C(=O)N2CC[C@H](Oc3cccc(Cl)c3)[C@@](C)(O)C2)cc1. The number of nitrogens with zero attached hydrogens (tertiary/aromatic N) is 2. The molecule has 0 unspecified atom stereocenters. The van der Waals surface area contributed by atoms with E-state index in [-0.39, 0.29) is 12.5 Å². The Labute approximate surface area is 183 Å². The maximum absolute atomic E-state index is 12.9. The topological polar surface area (TPSA) is 62.2 Å². The molecule has 7 heteroatoms. The normalized spacial score (nSPS) is 21.5. The molecule has 0 aliphatic carbocycles. The quantitative estimate of drug-likeness (QED) is 0.727. The lowest BCUT2D eigenvalue weighted by molar-refractivity contribution is -0.0899. The van der Waals surface area contributed by atoms with Crippen LogP contribution in [0, 0.1) is 0 Å². The second-order valence-corrected chi connectivity index (χ2v) is 8.55. The van der Waals surface area contributed by atoms with E-state index in [1.807, 2.05) is 25.1 Å². The highest BCUT2D eigenvalue weighted by Gasteiger charge is 2.41. The number of aliphatic hydroxyl groups is 1. The molecule has 6 nitrogen and oxygen atoms in total. The van der Waals surface area contributed by atoms with Crippen LogP contribution < -0.4 is 9.47 Å². The lowest BCUT2D eigenvalue weighted by atomic mass is 9.91. The third kappa shape index (κ3) is 5.88. The molecule has 2 atom stereocenters. The number of ether oxygens (including phenoxy) is 2. The Kier molecular flexibility index (Phi) is 7.23. The van der Waals surface area contributed by atoms with Crippen molar-refractivity contribution < 1.29 is 19.4 Å². The molecule has 1 N–H and O–H groups in total. The zero-order valence-corrected chi connectivity index (χ0v) is 18.4. The van der Waals surface area contributed by atoms with E-state index in [4.69, 9.17) is 21.1 Å². The van der Waals surface area contributed by atoms with Crippen LogP contribution in [0.15, 0.2) is 48.5 Å². The molecule has 1 fully saturated rings. The molecule has 2 aromatic rings. The van der Waals surface area contributed by atoms with Gasteiger partial charge >= 0.3 is 0 Å². The fourth-order valence-electron chi connectivity index (χ4n) is 3.44. The maximum atomic E-state index is 12.9. The van der Waals surface area contributed by atoms with Gasteiger partial charge in [0.15, 0.2) is 0 Å². The van der Waals surface area contributed by atoms with Gasteiger partial charge in [-0.25, -0.2) is 0 Å². The first-order valence-corrected chi connectivity index (χ1v) is 10.4. The van der Waals surface area contributed by atoms with Crippen molar-refractivity contribution in [2.45, 2.75) is 25.0 Å². The highest BCUT2D eigenvalue weighted by molar-refractivity contribution is 6.30. The lowest BCUT2D eigenvalue weighted by Gasteiger charge is -2.42. The Bertz CT molecular complexity index is 855. The molecule has 30 heavy (non-hydrogen) atoms. The Hall–Kier alpha value is -2.28. The van der Waals surface area contributed by atoms with Crippen LogP contribution in [0.4, 0.5) is 0 Å². The monoisotopic (exact) mass is 432 g/mol. The first-order chi connectivity index (χ1) is 14.2. The van der Waals surface area contributed by atoms with Crippen molar-refractivity contribution in [1.82, 2.24) is 9.80 Å².